The standard InChI is InChI=1S/C9H13FO4/c1-3-13-5-8(10)6-14-9(12)4-7(2)11/h5H,3-4,6H2,1-2H3. The van der Waals surface area contributed by atoms with E-state index < -0.39 is 18.4 Å². The summed E-state index contributed by atoms with van der Waals surface area (Å²) in [6.45, 7) is 2.81. The molecule has 0 heterocycles. The second-order valence-electron chi connectivity index (χ2n) is 2.56. The van der Waals surface area contributed by atoms with Crippen molar-refractivity contribution in [3.05, 3.63) is 12.1 Å². The summed E-state index contributed by atoms with van der Waals surface area (Å²) in [5, 5.41) is 0. The Kier molecular flexibility index (Phi) is 6.36. The molecule has 80 valence electrons. The highest BCUT2D eigenvalue weighted by atomic mass is 19.1. The molecule has 0 aromatic rings. The molecule has 0 bridgehead atoms. The fourth-order valence-electron chi connectivity index (χ4n) is 0.612. The minimum atomic E-state index is -0.738. The van der Waals surface area contributed by atoms with Crippen LogP contribution in [0.5, 0.6) is 0 Å². The second kappa shape index (κ2) is 7.06. The van der Waals surface area contributed by atoms with Crippen molar-refractivity contribution in [2.75, 3.05) is 13.2 Å². The Bertz CT molecular complexity index is 235. The van der Waals surface area contributed by atoms with Gasteiger partial charge in [-0.05, 0) is 13.8 Å². The number of ether oxygens (including phenoxy) is 2. The Morgan fingerprint density at radius 3 is 2.57 bits per heavy atom. The zero-order valence-electron chi connectivity index (χ0n) is 8.21. The lowest BCUT2D eigenvalue weighted by Gasteiger charge is -2.01. The van der Waals surface area contributed by atoms with Gasteiger partial charge in [0.1, 0.15) is 25.1 Å². The number of ketones is 1. The highest BCUT2D eigenvalue weighted by molar-refractivity contribution is 5.94. The highest BCUT2D eigenvalue weighted by Crippen LogP contribution is 1.99. The first-order valence-corrected chi connectivity index (χ1v) is 4.17. The predicted molar refractivity (Wildman–Crippen MR) is 47.1 cm³/mol. The smallest absolute Gasteiger partial charge is 0.313 e. The van der Waals surface area contributed by atoms with Crippen molar-refractivity contribution < 1.29 is 23.5 Å². The number of hydrogen-bond acceptors (Lipinski definition) is 4. The van der Waals surface area contributed by atoms with Crippen LogP contribution < -0.4 is 0 Å². The van der Waals surface area contributed by atoms with Crippen LogP contribution in [0.4, 0.5) is 4.39 Å². The minimum Gasteiger partial charge on any atom is -0.499 e. The maximum absolute atomic E-state index is 12.7. The van der Waals surface area contributed by atoms with Crippen molar-refractivity contribution in [3.63, 3.8) is 0 Å². The van der Waals surface area contributed by atoms with Gasteiger partial charge in [0.2, 0.25) is 0 Å². The molecule has 0 unspecified atom stereocenters. The van der Waals surface area contributed by atoms with Crippen LogP contribution in [0.1, 0.15) is 20.3 Å². The van der Waals surface area contributed by atoms with Gasteiger partial charge in [0.05, 0.1) is 6.61 Å². The molecule has 0 rings (SSSR count). The van der Waals surface area contributed by atoms with E-state index in [4.69, 9.17) is 0 Å². The minimum absolute atomic E-state index is 0.316. The molecule has 0 aromatic heterocycles. The van der Waals surface area contributed by atoms with Crippen molar-refractivity contribution in [1.29, 1.82) is 0 Å². The van der Waals surface area contributed by atoms with Crippen LogP contribution in [-0.4, -0.2) is 25.0 Å². The van der Waals surface area contributed by atoms with E-state index in [1.54, 1.807) is 6.92 Å². The van der Waals surface area contributed by atoms with Gasteiger partial charge >= 0.3 is 5.97 Å². The molecule has 0 saturated carbocycles. The van der Waals surface area contributed by atoms with Crippen molar-refractivity contribution in [3.8, 4) is 0 Å². The van der Waals surface area contributed by atoms with Gasteiger partial charge in [-0.3, -0.25) is 9.59 Å². The number of halogens is 1. The van der Waals surface area contributed by atoms with E-state index >= 15 is 0 Å². The molecular formula is C9H13FO4. The van der Waals surface area contributed by atoms with Gasteiger partial charge in [0.25, 0.3) is 0 Å². The van der Waals surface area contributed by atoms with Crippen molar-refractivity contribution in [2.24, 2.45) is 0 Å². The van der Waals surface area contributed by atoms with E-state index in [0.29, 0.717) is 6.61 Å². The molecule has 0 aliphatic carbocycles. The number of carbonyl (C=O) groups is 2. The van der Waals surface area contributed by atoms with Crippen LogP contribution in [0.25, 0.3) is 0 Å². The molecule has 0 aliphatic heterocycles. The SMILES string of the molecule is CCOC=C(F)COC(=O)CC(C)=O. The highest BCUT2D eigenvalue weighted by Gasteiger charge is 2.07. The zero-order chi connectivity index (χ0) is 11.0. The fraction of sp³-hybridized carbons (Fsp3) is 0.556. The number of Topliss-reactive ketones (excluding diaryl/α,β-unsaturated/α-hetero) is 1. The second-order valence-corrected chi connectivity index (χ2v) is 2.56. The molecule has 14 heavy (non-hydrogen) atoms. The fourth-order valence-corrected chi connectivity index (χ4v) is 0.612. The maximum atomic E-state index is 12.7. The lowest BCUT2D eigenvalue weighted by atomic mass is 10.3. The summed E-state index contributed by atoms with van der Waals surface area (Å²) in [6, 6.07) is 0. The van der Waals surface area contributed by atoms with Gasteiger partial charge < -0.3 is 9.47 Å². The van der Waals surface area contributed by atoms with E-state index in [2.05, 4.69) is 9.47 Å². The molecule has 0 fully saturated rings. The van der Waals surface area contributed by atoms with Gasteiger partial charge in [-0.2, -0.15) is 0 Å². The lowest BCUT2D eigenvalue weighted by Crippen LogP contribution is -2.10. The Morgan fingerprint density at radius 1 is 1.43 bits per heavy atom. The van der Waals surface area contributed by atoms with E-state index in [1.807, 2.05) is 0 Å². The third-order valence-corrected chi connectivity index (χ3v) is 1.14. The third kappa shape index (κ3) is 7.27. The summed E-state index contributed by atoms with van der Waals surface area (Å²) in [7, 11) is 0. The first-order valence-electron chi connectivity index (χ1n) is 4.17. The number of hydrogen-bond donors (Lipinski definition) is 0. The van der Waals surface area contributed by atoms with Gasteiger partial charge in [-0.15, -0.1) is 0 Å². The monoisotopic (exact) mass is 204 g/mol. The van der Waals surface area contributed by atoms with E-state index in [9.17, 15) is 14.0 Å². The largest absolute Gasteiger partial charge is 0.499 e. The predicted octanol–water partition coefficient (Wildman–Crippen LogP) is 1.36. The zero-order valence-corrected chi connectivity index (χ0v) is 8.21. The Balaban J connectivity index is 3.71. The summed E-state index contributed by atoms with van der Waals surface area (Å²) in [5.41, 5.74) is 0. The topological polar surface area (TPSA) is 52.6 Å². The van der Waals surface area contributed by atoms with Gasteiger partial charge in [-0.25, -0.2) is 4.39 Å². The first-order chi connectivity index (χ1) is 6.56. The van der Waals surface area contributed by atoms with E-state index in [0.717, 1.165) is 6.26 Å². The number of carbonyl (C=O) groups excluding carboxylic acids is 2. The molecular weight excluding hydrogens is 191 g/mol. The summed E-state index contributed by atoms with van der Waals surface area (Å²) >= 11 is 0. The van der Waals surface area contributed by atoms with Crippen LogP contribution in [0.2, 0.25) is 0 Å². The molecule has 0 aliphatic rings. The first kappa shape index (κ1) is 12.6. The summed E-state index contributed by atoms with van der Waals surface area (Å²) in [5.74, 6) is -1.74. The molecule has 4 nitrogen and oxygen atoms in total. The van der Waals surface area contributed by atoms with E-state index in [1.165, 1.54) is 6.92 Å². The molecule has 0 saturated heterocycles. The maximum Gasteiger partial charge on any atom is 0.313 e. The van der Waals surface area contributed by atoms with Crippen molar-refractivity contribution in [1.82, 2.24) is 0 Å². The third-order valence-electron chi connectivity index (χ3n) is 1.14. The lowest BCUT2D eigenvalue weighted by molar-refractivity contribution is -0.145. The quantitative estimate of drug-likeness (QED) is 0.372. The van der Waals surface area contributed by atoms with Crippen LogP contribution in [0, 0.1) is 0 Å². The molecule has 0 spiro atoms. The molecule has 0 aromatic carbocycles. The molecule has 0 N–H and O–H groups in total. The Hall–Kier alpha value is -1.39. The van der Waals surface area contributed by atoms with Gasteiger partial charge in [0.15, 0.2) is 5.83 Å². The van der Waals surface area contributed by atoms with E-state index in [-0.39, 0.29) is 12.2 Å². The van der Waals surface area contributed by atoms with Crippen molar-refractivity contribution >= 4 is 11.8 Å². The average Bonchev–Trinajstić information content (AvgIpc) is 2.10. The number of esters is 1. The summed E-state index contributed by atoms with van der Waals surface area (Å²) < 4.78 is 21.7. The number of rotatable bonds is 6. The van der Waals surface area contributed by atoms with Crippen LogP contribution in [0.3, 0.4) is 0 Å². The molecule has 0 amide bonds. The van der Waals surface area contributed by atoms with Crippen LogP contribution >= 0.6 is 0 Å². The van der Waals surface area contributed by atoms with Gasteiger partial charge in [-0.1, -0.05) is 0 Å². The van der Waals surface area contributed by atoms with Gasteiger partial charge in [0, 0.05) is 0 Å². The van der Waals surface area contributed by atoms with Crippen LogP contribution in [-0.2, 0) is 19.1 Å². The van der Waals surface area contributed by atoms with Crippen molar-refractivity contribution in [2.45, 2.75) is 20.3 Å². The molecule has 5 heteroatoms. The Morgan fingerprint density at radius 2 is 2.07 bits per heavy atom. The van der Waals surface area contributed by atoms with Crippen LogP contribution in [0.15, 0.2) is 12.1 Å². The normalized spacial score (nSPS) is 10.9. The summed E-state index contributed by atoms with van der Waals surface area (Å²) in [6.07, 6.45) is 0.545. The molecule has 0 radical (unpaired) electrons. The molecule has 0 atom stereocenters. The summed E-state index contributed by atoms with van der Waals surface area (Å²) in [4.78, 5) is 21.2. The Labute approximate surface area is 81.7 Å². The average molecular weight is 204 g/mol.